The summed E-state index contributed by atoms with van der Waals surface area (Å²) in [4.78, 5) is 12.7. The van der Waals surface area contributed by atoms with Gasteiger partial charge in [-0.2, -0.15) is 0 Å². The third-order valence-corrected chi connectivity index (χ3v) is 15.0. The second-order valence-corrected chi connectivity index (χ2v) is 18.5. The second kappa shape index (κ2) is 14.8. The summed E-state index contributed by atoms with van der Waals surface area (Å²) in [6.45, 7) is 0. The molecular weight excluding hydrogens is 851 g/mol. The van der Waals surface area contributed by atoms with Crippen LogP contribution in [0.2, 0.25) is 0 Å². The number of para-hydroxylation sites is 5. The van der Waals surface area contributed by atoms with Crippen LogP contribution in [0.3, 0.4) is 0 Å². The van der Waals surface area contributed by atoms with E-state index in [-0.39, 0.29) is 0 Å². The highest BCUT2D eigenvalue weighted by Gasteiger charge is 2.53. The summed E-state index contributed by atoms with van der Waals surface area (Å²) in [6, 6.07) is 86.6. The predicted octanol–water partition coefficient (Wildman–Crippen LogP) is 16.2. The van der Waals surface area contributed by atoms with Crippen molar-refractivity contribution in [2.45, 2.75) is 5.41 Å². The van der Waals surface area contributed by atoms with E-state index >= 15 is 0 Å². The first-order valence-corrected chi connectivity index (χ1v) is 24.0. The number of fused-ring (bicyclic) bond motifs is 15. The van der Waals surface area contributed by atoms with Crippen molar-refractivity contribution in [3.63, 3.8) is 0 Å². The van der Waals surface area contributed by atoms with Gasteiger partial charge in [0.2, 0.25) is 0 Å². The largest absolute Gasteiger partial charge is 0.310 e. The molecule has 1 aliphatic heterocycles. The van der Waals surface area contributed by atoms with Crippen LogP contribution >= 0.6 is 0 Å². The summed E-state index contributed by atoms with van der Waals surface area (Å²) in [5.41, 5.74) is 20.7. The van der Waals surface area contributed by atoms with E-state index in [1.807, 2.05) is 12.4 Å². The zero-order valence-electron chi connectivity index (χ0n) is 37.9. The minimum atomic E-state index is -0.735. The predicted molar refractivity (Wildman–Crippen MR) is 287 cm³/mol. The lowest BCUT2D eigenvalue weighted by molar-refractivity contribution is 0.750. The van der Waals surface area contributed by atoms with Crippen molar-refractivity contribution in [1.82, 2.24) is 19.1 Å². The van der Waals surface area contributed by atoms with E-state index in [2.05, 4.69) is 251 Å². The Hall–Kier alpha value is -9.32. The molecule has 4 aromatic heterocycles. The summed E-state index contributed by atoms with van der Waals surface area (Å²) >= 11 is 0. The van der Waals surface area contributed by atoms with Gasteiger partial charge in [-0.1, -0.05) is 140 Å². The van der Waals surface area contributed by atoms with Gasteiger partial charge in [-0.25, -0.2) is 0 Å². The first kappa shape index (κ1) is 38.8. The van der Waals surface area contributed by atoms with Gasteiger partial charge in [-0.15, -0.1) is 0 Å². The maximum Gasteiger partial charge on any atom is 0.0937 e. The Kier molecular flexibility index (Phi) is 8.21. The van der Waals surface area contributed by atoms with Crippen LogP contribution in [0.1, 0.15) is 22.3 Å². The average Bonchev–Trinajstić information content (AvgIpc) is 4.06. The summed E-state index contributed by atoms with van der Waals surface area (Å²) in [5.74, 6) is 0. The van der Waals surface area contributed by atoms with Gasteiger partial charge in [0.25, 0.3) is 0 Å². The van der Waals surface area contributed by atoms with E-state index in [1.54, 1.807) is 0 Å². The summed E-state index contributed by atoms with van der Waals surface area (Å²) in [6.07, 6.45) is 3.81. The quantitative estimate of drug-likeness (QED) is 0.173. The highest BCUT2D eigenvalue weighted by molar-refractivity contribution is 6.10. The number of nitrogens with zero attached hydrogens (tertiary/aromatic N) is 5. The zero-order chi connectivity index (χ0) is 45.9. The Bertz CT molecular complexity index is 3880. The van der Waals surface area contributed by atoms with E-state index in [1.165, 1.54) is 54.7 Å². The Morgan fingerprint density at radius 3 is 1.07 bits per heavy atom. The van der Waals surface area contributed by atoms with Gasteiger partial charge in [-0.3, -0.25) is 9.97 Å². The molecule has 9 aromatic carbocycles. The van der Waals surface area contributed by atoms with Crippen LogP contribution in [-0.2, 0) is 5.41 Å². The van der Waals surface area contributed by atoms with Crippen molar-refractivity contribution in [2.24, 2.45) is 0 Å². The zero-order valence-corrected chi connectivity index (χ0v) is 37.9. The van der Waals surface area contributed by atoms with Gasteiger partial charge in [0.15, 0.2) is 0 Å². The normalized spacial score (nSPS) is 13.2. The van der Waals surface area contributed by atoms with Crippen LogP contribution in [0.15, 0.2) is 249 Å². The van der Waals surface area contributed by atoms with E-state index in [0.29, 0.717) is 0 Å². The van der Waals surface area contributed by atoms with Crippen LogP contribution in [0, 0.1) is 0 Å². The average molecular weight is 892 g/mol. The molecule has 0 fully saturated rings. The molecule has 15 rings (SSSR count). The first-order chi connectivity index (χ1) is 34.7. The SMILES string of the molecule is c1ccc(N2c3ccc(-c4ccc(-n5c6ccccc6c6ccccc65)cc4)cc3C3(c4cc(-c5ccc(-n6c7ccccc7c7ccccc76)cc5)ccc42)c2cccnc2-c2ncccc23)cc1. The summed E-state index contributed by atoms with van der Waals surface area (Å²) < 4.78 is 4.76. The summed E-state index contributed by atoms with van der Waals surface area (Å²) in [5, 5.41) is 5.02. The molecule has 0 atom stereocenters. The van der Waals surface area contributed by atoms with Gasteiger partial charge in [0.05, 0.1) is 50.2 Å². The van der Waals surface area contributed by atoms with Crippen LogP contribution in [0.25, 0.3) is 88.6 Å². The molecule has 0 bridgehead atoms. The lowest BCUT2D eigenvalue weighted by Crippen LogP contribution is -2.36. The molecule has 0 radical (unpaired) electrons. The number of benzene rings is 9. The van der Waals surface area contributed by atoms with Crippen molar-refractivity contribution in [3.05, 3.63) is 271 Å². The van der Waals surface area contributed by atoms with Crippen LogP contribution < -0.4 is 4.90 Å². The van der Waals surface area contributed by atoms with E-state index in [9.17, 15) is 0 Å². The fourth-order valence-corrected chi connectivity index (χ4v) is 12.1. The lowest BCUT2D eigenvalue weighted by Gasteiger charge is -2.45. The molecule has 0 saturated carbocycles. The number of rotatable bonds is 5. The van der Waals surface area contributed by atoms with E-state index < -0.39 is 5.41 Å². The van der Waals surface area contributed by atoms with Crippen molar-refractivity contribution in [1.29, 1.82) is 0 Å². The molecule has 0 saturated heterocycles. The molecule has 0 N–H and O–H groups in total. The lowest BCUT2D eigenvalue weighted by atomic mass is 9.64. The van der Waals surface area contributed by atoms with Gasteiger partial charge in [-0.05, 0) is 142 Å². The fraction of sp³-hybridized carbons (Fsp3) is 0.0154. The minimum Gasteiger partial charge on any atom is -0.310 e. The van der Waals surface area contributed by atoms with Gasteiger partial charge in [0.1, 0.15) is 0 Å². The molecule has 0 amide bonds. The molecule has 1 spiro atoms. The molecule has 0 unspecified atom stereocenters. The molecule has 5 heterocycles. The smallest absolute Gasteiger partial charge is 0.0937 e. The molecule has 13 aromatic rings. The topological polar surface area (TPSA) is 38.9 Å². The van der Waals surface area contributed by atoms with Crippen molar-refractivity contribution in [2.75, 3.05) is 4.90 Å². The van der Waals surface area contributed by atoms with Crippen LogP contribution in [0.4, 0.5) is 17.1 Å². The van der Waals surface area contributed by atoms with Crippen molar-refractivity contribution < 1.29 is 0 Å². The van der Waals surface area contributed by atoms with Gasteiger partial charge in [0, 0.05) is 51.0 Å². The number of hydrogen-bond acceptors (Lipinski definition) is 3. The molecule has 1 aliphatic carbocycles. The summed E-state index contributed by atoms with van der Waals surface area (Å²) in [7, 11) is 0. The Labute approximate surface area is 404 Å². The van der Waals surface area contributed by atoms with Gasteiger partial charge < -0.3 is 14.0 Å². The second-order valence-electron chi connectivity index (χ2n) is 18.5. The molecular formula is C65H41N5. The number of anilines is 3. The third kappa shape index (κ3) is 5.37. The maximum atomic E-state index is 5.11. The number of aromatic nitrogens is 4. The number of pyridine rings is 2. The molecule has 70 heavy (non-hydrogen) atoms. The Balaban J connectivity index is 0.934. The van der Waals surface area contributed by atoms with E-state index in [4.69, 9.17) is 9.97 Å². The Morgan fingerprint density at radius 2 is 0.657 bits per heavy atom. The van der Waals surface area contributed by atoms with Crippen molar-refractivity contribution in [3.8, 4) is 45.0 Å². The van der Waals surface area contributed by atoms with Crippen molar-refractivity contribution >= 4 is 60.7 Å². The third-order valence-electron chi connectivity index (χ3n) is 15.0. The maximum absolute atomic E-state index is 5.11. The number of hydrogen-bond donors (Lipinski definition) is 0. The van der Waals surface area contributed by atoms with Crippen LogP contribution in [-0.4, -0.2) is 19.1 Å². The van der Waals surface area contributed by atoms with Gasteiger partial charge >= 0.3 is 0 Å². The molecule has 5 heteroatoms. The van der Waals surface area contributed by atoms with E-state index in [0.717, 1.165) is 73.2 Å². The molecule has 5 nitrogen and oxygen atoms in total. The first-order valence-electron chi connectivity index (χ1n) is 24.0. The molecule has 2 aliphatic rings. The Morgan fingerprint density at radius 1 is 0.286 bits per heavy atom. The highest BCUT2D eigenvalue weighted by Crippen LogP contribution is 2.63. The standard InChI is InChI=1S/C65H41N5/c1-2-14-46(15-3-1)70-61-36-30-44(42-26-32-47(33-27-42)68-57-22-8-4-16-49(57)50-17-5-9-23-58(50)68)40-55(61)65(53-20-12-38-66-63(53)64-54(65)21-13-39-67-64)56-41-45(31-37-62(56)70)43-28-34-48(35-29-43)69-59-24-10-6-18-51(59)52-19-7-11-25-60(52)69/h1-41H. The monoisotopic (exact) mass is 891 g/mol. The highest BCUT2D eigenvalue weighted by atomic mass is 15.2. The fourth-order valence-electron chi connectivity index (χ4n) is 12.1. The molecule has 326 valence electrons. The van der Waals surface area contributed by atoms with Crippen LogP contribution in [0.5, 0.6) is 0 Å². The minimum absolute atomic E-state index is 0.735.